The zero-order chi connectivity index (χ0) is 18.0. The van der Waals surface area contributed by atoms with Gasteiger partial charge < -0.3 is 14.4 Å². The van der Waals surface area contributed by atoms with Crippen molar-refractivity contribution in [3.05, 3.63) is 35.4 Å². The van der Waals surface area contributed by atoms with Crippen LogP contribution < -0.4 is 4.74 Å². The van der Waals surface area contributed by atoms with Gasteiger partial charge in [0.25, 0.3) is 0 Å². The molecule has 0 spiro atoms. The number of aromatic nitrogens is 1. The summed E-state index contributed by atoms with van der Waals surface area (Å²) in [5, 5.41) is 12.7. The second-order valence-electron chi connectivity index (χ2n) is 9.53. The SMILES string of the molecule is Cc1cc2c3ccc(O)cc3n3c2c2c1O[C@]1(C)CC[C@@H]([C@H]2C1)C3(C)C. The van der Waals surface area contributed by atoms with E-state index in [1.807, 2.05) is 12.1 Å². The first-order chi connectivity index (χ1) is 12.3. The molecule has 134 valence electrons. The molecule has 3 nitrogen and oxygen atoms in total. The molecule has 1 aromatic heterocycles. The normalized spacial score (nSPS) is 30.8. The van der Waals surface area contributed by atoms with E-state index in [0.29, 0.717) is 17.6 Å². The number of hydrogen-bond donors (Lipinski definition) is 1. The molecule has 3 heteroatoms. The molecule has 0 amide bonds. The molecule has 0 unspecified atom stereocenters. The van der Waals surface area contributed by atoms with Crippen molar-refractivity contribution < 1.29 is 9.84 Å². The summed E-state index contributed by atoms with van der Waals surface area (Å²) in [7, 11) is 0. The number of hydrogen-bond acceptors (Lipinski definition) is 2. The maximum absolute atomic E-state index is 10.2. The van der Waals surface area contributed by atoms with Crippen LogP contribution in [0.1, 0.15) is 57.1 Å². The smallest absolute Gasteiger partial charge is 0.128 e. The van der Waals surface area contributed by atoms with Gasteiger partial charge in [0.05, 0.1) is 11.0 Å². The van der Waals surface area contributed by atoms with Gasteiger partial charge >= 0.3 is 0 Å². The van der Waals surface area contributed by atoms with E-state index in [1.165, 1.54) is 33.8 Å². The van der Waals surface area contributed by atoms with Crippen LogP contribution in [0.4, 0.5) is 0 Å². The number of benzene rings is 2. The van der Waals surface area contributed by atoms with Crippen LogP contribution in [-0.4, -0.2) is 15.3 Å². The first kappa shape index (κ1) is 15.0. The number of aromatic hydroxyl groups is 1. The number of nitrogens with zero attached hydrogens (tertiary/aromatic N) is 1. The average Bonchev–Trinajstić information content (AvgIpc) is 2.88. The standard InChI is InChI=1S/C23H25NO2/c1-12-9-15-14-6-5-13(25)10-18(14)24-20(15)19-16-11-23(4,26-21(12)19)8-7-17(16)22(24,2)3/h5-6,9-10,16-17,25H,7-8,11H2,1-4H3/t16-,17+,23-/m1/s1. The van der Waals surface area contributed by atoms with Crippen molar-refractivity contribution in [2.75, 3.05) is 0 Å². The van der Waals surface area contributed by atoms with Crippen molar-refractivity contribution >= 4 is 21.8 Å². The molecule has 0 saturated heterocycles. The molecule has 3 aromatic rings. The lowest BCUT2D eigenvalue weighted by Gasteiger charge is -2.55. The van der Waals surface area contributed by atoms with Crippen molar-refractivity contribution in [2.45, 2.75) is 64.0 Å². The summed E-state index contributed by atoms with van der Waals surface area (Å²) in [6.45, 7) is 9.27. The van der Waals surface area contributed by atoms with Gasteiger partial charge in [-0.2, -0.15) is 0 Å². The van der Waals surface area contributed by atoms with Crippen LogP contribution in [0.3, 0.4) is 0 Å². The molecule has 1 saturated carbocycles. The zero-order valence-electron chi connectivity index (χ0n) is 15.9. The fraction of sp³-hybridized carbons (Fsp3) is 0.478. The van der Waals surface area contributed by atoms with E-state index in [4.69, 9.17) is 4.74 Å². The molecule has 1 aliphatic carbocycles. The summed E-state index contributed by atoms with van der Waals surface area (Å²) >= 11 is 0. The largest absolute Gasteiger partial charge is 0.508 e. The Hall–Kier alpha value is -2.16. The number of aryl methyl sites for hydroxylation is 1. The van der Waals surface area contributed by atoms with Gasteiger partial charge in [0.15, 0.2) is 0 Å². The lowest BCUT2D eigenvalue weighted by Crippen LogP contribution is -2.52. The molecule has 6 rings (SSSR count). The number of rotatable bonds is 0. The van der Waals surface area contributed by atoms with Crippen LogP contribution in [0.15, 0.2) is 24.3 Å². The fourth-order valence-electron chi connectivity index (χ4n) is 6.42. The average molecular weight is 347 g/mol. The summed E-state index contributed by atoms with van der Waals surface area (Å²) in [5.74, 6) is 2.64. The Kier molecular flexibility index (Phi) is 2.42. The number of ether oxygens (including phenoxy) is 1. The predicted octanol–water partition coefficient (Wildman–Crippen LogP) is 5.59. The van der Waals surface area contributed by atoms with E-state index >= 15 is 0 Å². The summed E-state index contributed by atoms with van der Waals surface area (Å²) in [4.78, 5) is 0. The summed E-state index contributed by atoms with van der Waals surface area (Å²) in [6, 6.07) is 8.13. The predicted molar refractivity (Wildman–Crippen MR) is 104 cm³/mol. The third-order valence-corrected chi connectivity index (χ3v) is 7.53. The molecule has 1 fully saturated rings. The van der Waals surface area contributed by atoms with Gasteiger partial charge in [0, 0.05) is 27.9 Å². The third kappa shape index (κ3) is 1.53. The second-order valence-corrected chi connectivity index (χ2v) is 9.53. The lowest BCUT2D eigenvalue weighted by atomic mass is 9.60. The minimum atomic E-state index is -0.0187. The van der Waals surface area contributed by atoms with Gasteiger partial charge in [-0.15, -0.1) is 0 Å². The van der Waals surface area contributed by atoms with E-state index in [9.17, 15) is 5.11 Å². The molecule has 26 heavy (non-hydrogen) atoms. The molecule has 3 atom stereocenters. The molecule has 3 aliphatic rings. The minimum absolute atomic E-state index is 0.0187. The Bertz CT molecular complexity index is 1120. The highest BCUT2D eigenvalue weighted by atomic mass is 16.5. The summed E-state index contributed by atoms with van der Waals surface area (Å²) in [6.07, 6.45) is 3.44. The monoisotopic (exact) mass is 347 g/mol. The Balaban J connectivity index is 1.88. The minimum Gasteiger partial charge on any atom is -0.508 e. The molecule has 2 bridgehead atoms. The molecule has 0 radical (unpaired) electrons. The fourth-order valence-corrected chi connectivity index (χ4v) is 6.42. The van der Waals surface area contributed by atoms with E-state index in [2.05, 4.69) is 44.4 Å². The lowest BCUT2D eigenvalue weighted by molar-refractivity contribution is -0.0262. The van der Waals surface area contributed by atoms with E-state index in [0.717, 1.165) is 24.1 Å². The Morgan fingerprint density at radius 2 is 1.96 bits per heavy atom. The van der Waals surface area contributed by atoms with Crippen LogP contribution in [0, 0.1) is 12.8 Å². The molecular formula is C23H25NO2. The maximum atomic E-state index is 10.2. The molecule has 3 heterocycles. The highest BCUT2D eigenvalue weighted by Gasteiger charge is 2.54. The quantitative estimate of drug-likeness (QED) is 0.575. The van der Waals surface area contributed by atoms with E-state index in [1.54, 1.807) is 0 Å². The van der Waals surface area contributed by atoms with Crippen molar-refractivity contribution in [1.29, 1.82) is 0 Å². The third-order valence-electron chi connectivity index (χ3n) is 7.53. The highest BCUT2D eigenvalue weighted by molar-refractivity contribution is 6.11. The van der Waals surface area contributed by atoms with Crippen molar-refractivity contribution in [1.82, 2.24) is 4.57 Å². The topological polar surface area (TPSA) is 34.4 Å². The summed E-state index contributed by atoms with van der Waals surface area (Å²) < 4.78 is 9.14. The van der Waals surface area contributed by atoms with Crippen LogP contribution in [0.25, 0.3) is 21.8 Å². The van der Waals surface area contributed by atoms with Crippen molar-refractivity contribution in [3.8, 4) is 11.5 Å². The van der Waals surface area contributed by atoms with Crippen LogP contribution in [0.2, 0.25) is 0 Å². The number of fused-ring (bicyclic) bond motifs is 4. The molecular weight excluding hydrogens is 322 g/mol. The van der Waals surface area contributed by atoms with Crippen molar-refractivity contribution in [3.63, 3.8) is 0 Å². The second kappa shape index (κ2) is 4.21. The van der Waals surface area contributed by atoms with E-state index < -0.39 is 0 Å². The van der Waals surface area contributed by atoms with Crippen LogP contribution in [0.5, 0.6) is 11.5 Å². The molecule has 2 aliphatic heterocycles. The zero-order valence-corrected chi connectivity index (χ0v) is 15.9. The van der Waals surface area contributed by atoms with Gasteiger partial charge in [0.2, 0.25) is 0 Å². The van der Waals surface area contributed by atoms with Gasteiger partial charge in [0.1, 0.15) is 17.1 Å². The van der Waals surface area contributed by atoms with Gasteiger partial charge in [-0.25, -0.2) is 0 Å². The van der Waals surface area contributed by atoms with Crippen LogP contribution in [-0.2, 0) is 5.54 Å². The van der Waals surface area contributed by atoms with Gasteiger partial charge in [-0.3, -0.25) is 0 Å². The van der Waals surface area contributed by atoms with Crippen molar-refractivity contribution in [2.24, 2.45) is 5.92 Å². The Labute approximate surface area is 153 Å². The summed E-state index contributed by atoms with van der Waals surface area (Å²) in [5.41, 5.74) is 5.16. The number of phenols is 1. The number of phenolic OH excluding ortho intramolecular Hbond substituents is 1. The maximum Gasteiger partial charge on any atom is 0.128 e. The molecule has 1 N–H and O–H groups in total. The van der Waals surface area contributed by atoms with Gasteiger partial charge in [-0.05, 0) is 82.6 Å². The first-order valence-electron chi connectivity index (χ1n) is 9.80. The van der Waals surface area contributed by atoms with Gasteiger partial charge in [-0.1, -0.05) is 0 Å². The highest BCUT2D eigenvalue weighted by Crippen LogP contribution is 2.62. The van der Waals surface area contributed by atoms with Crippen LogP contribution >= 0.6 is 0 Å². The Morgan fingerprint density at radius 1 is 1.15 bits per heavy atom. The first-order valence-corrected chi connectivity index (χ1v) is 9.80. The van der Waals surface area contributed by atoms with E-state index in [-0.39, 0.29) is 11.1 Å². The Morgan fingerprint density at radius 3 is 2.77 bits per heavy atom. The molecule has 2 aromatic carbocycles.